The zero-order chi connectivity index (χ0) is 10.4. The van der Waals surface area contributed by atoms with Crippen molar-refractivity contribution in [3.05, 3.63) is 33.1 Å². The van der Waals surface area contributed by atoms with Crippen molar-refractivity contribution in [3.63, 3.8) is 0 Å². The van der Waals surface area contributed by atoms with Crippen LogP contribution >= 0.6 is 0 Å². The van der Waals surface area contributed by atoms with Crippen molar-refractivity contribution >= 4 is 0 Å². The second-order valence-corrected chi connectivity index (χ2v) is 2.64. The van der Waals surface area contributed by atoms with Gasteiger partial charge in [-0.2, -0.15) is 0 Å². The molecule has 0 aliphatic carbocycles. The fraction of sp³-hybridized carbons (Fsp3) is 0.500. The Labute approximate surface area is 79.8 Å². The number of H-pyrrole nitrogens is 1. The molecule has 6 heteroatoms. The van der Waals surface area contributed by atoms with E-state index in [9.17, 15) is 9.59 Å². The number of nitrogens with zero attached hydrogens (tertiary/aromatic N) is 1. The van der Waals surface area contributed by atoms with Crippen LogP contribution < -0.4 is 11.2 Å². The van der Waals surface area contributed by atoms with E-state index in [0.717, 1.165) is 0 Å². The number of aliphatic hydroxyl groups excluding tert-OH is 1. The third kappa shape index (κ3) is 3.15. The molecule has 0 saturated heterocycles. The van der Waals surface area contributed by atoms with Gasteiger partial charge in [0.05, 0.1) is 26.4 Å². The van der Waals surface area contributed by atoms with Crippen LogP contribution in [0.2, 0.25) is 0 Å². The molecular weight excluding hydrogens is 188 g/mol. The van der Waals surface area contributed by atoms with Gasteiger partial charge in [0.1, 0.15) is 0 Å². The van der Waals surface area contributed by atoms with E-state index < -0.39 is 11.2 Å². The molecule has 0 atom stereocenters. The summed E-state index contributed by atoms with van der Waals surface area (Å²) >= 11 is 0. The van der Waals surface area contributed by atoms with Crippen LogP contribution in [-0.2, 0) is 11.3 Å². The Morgan fingerprint density at radius 2 is 2.21 bits per heavy atom. The van der Waals surface area contributed by atoms with Crippen LogP contribution in [0.1, 0.15) is 0 Å². The Morgan fingerprint density at radius 1 is 1.43 bits per heavy atom. The van der Waals surface area contributed by atoms with Gasteiger partial charge in [-0.25, -0.2) is 4.79 Å². The molecule has 0 unspecified atom stereocenters. The first-order valence-electron chi connectivity index (χ1n) is 4.22. The van der Waals surface area contributed by atoms with Gasteiger partial charge in [-0.3, -0.25) is 14.3 Å². The van der Waals surface area contributed by atoms with Crippen LogP contribution in [0.3, 0.4) is 0 Å². The van der Waals surface area contributed by atoms with Gasteiger partial charge in [-0.15, -0.1) is 0 Å². The van der Waals surface area contributed by atoms with Crippen molar-refractivity contribution < 1.29 is 9.84 Å². The lowest BCUT2D eigenvalue weighted by Gasteiger charge is -2.04. The Morgan fingerprint density at radius 3 is 2.86 bits per heavy atom. The lowest BCUT2D eigenvalue weighted by atomic mass is 10.6. The number of nitrogens with one attached hydrogen (secondary N) is 1. The van der Waals surface area contributed by atoms with E-state index in [1.54, 1.807) is 0 Å². The molecule has 0 saturated carbocycles. The molecule has 2 N–H and O–H groups in total. The molecule has 0 fully saturated rings. The summed E-state index contributed by atoms with van der Waals surface area (Å²) in [5, 5.41) is 8.41. The molecule has 0 bridgehead atoms. The van der Waals surface area contributed by atoms with E-state index in [2.05, 4.69) is 4.98 Å². The maximum atomic E-state index is 11.1. The van der Waals surface area contributed by atoms with E-state index in [4.69, 9.17) is 9.84 Å². The molecule has 1 rings (SSSR count). The average molecular weight is 200 g/mol. The Hall–Kier alpha value is -1.40. The van der Waals surface area contributed by atoms with Gasteiger partial charge in [0.15, 0.2) is 0 Å². The fourth-order valence-corrected chi connectivity index (χ4v) is 0.950. The van der Waals surface area contributed by atoms with E-state index in [0.29, 0.717) is 13.2 Å². The standard InChI is InChI=1S/C8H12N2O4/c11-4-6-14-5-3-10-2-1-7(12)9-8(10)13/h1-2,11H,3-6H2,(H,9,12,13). The summed E-state index contributed by atoms with van der Waals surface area (Å²) in [5.41, 5.74) is -0.868. The molecule has 0 spiro atoms. The fourth-order valence-electron chi connectivity index (χ4n) is 0.950. The third-order valence-electron chi connectivity index (χ3n) is 1.61. The molecule has 0 aliphatic rings. The molecule has 78 valence electrons. The van der Waals surface area contributed by atoms with Crippen molar-refractivity contribution in [2.24, 2.45) is 0 Å². The highest BCUT2D eigenvalue weighted by Gasteiger charge is 1.95. The Kier molecular flexibility index (Phi) is 4.09. The minimum atomic E-state index is -0.454. The Balaban J connectivity index is 2.51. The second-order valence-electron chi connectivity index (χ2n) is 2.64. The molecular formula is C8H12N2O4. The van der Waals surface area contributed by atoms with Crippen molar-refractivity contribution in [3.8, 4) is 0 Å². The van der Waals surface area contributed by atoms with E-state index >= 15 is 0 Å². The Bertz CT molecular complexity index is 381. The largest absolute Gasteiger partial charge is 0.394 e. The number of aromatic nitrogens is 2. The summed E-state index contributed by atoms with van der Waals surface area (Å²) in [7, 11) is 0. The van der Waals surface area contributed by atoms with Crippen LogP contribution in [0.4, 0.5) is 0 Å². The molecule has 0 aliphatic heterocycles. The van der Waals surface area contributed by atoms with Crippen molar-refractivity contribution in [2.45, 2.75) is 6.54 Å². The summed E-state index contributed by atoms with van der Waals surface area (Å²) in [5.74, 6) is 0. The molecule has 1 aromatic heterocycles. The normalized spacial score (nSPS) is 10.4. The molecule has 0 amide bonds. The average Bonchev–Trinajstić information content (AvgIpc) is 2.15. The first-order valence-corrected chi connectivity index (χ1v) is 4.22. The van der Waals surface area contributed by atoms with E-state index in [1.807, 2.05) is 0 Å². The SMILES string of the molecule is O=c1ccn(CCOCCO)c(=O)[nH]1. The quantitative estimate of drug-likeness (QED) is 0.569. The summed E-state index contributed by atoms with van der Waals surface area (Å²) in [6, 6.07) is 1.27. The summed E-state index contributed by atoms with van der Waals surface area (Å²) in [6.45, 7) is 0.890. The topological polar surface area (TPSA) is 84.3 Å². The van der Waals surface area contributed by atoms with Crippen molar-refractivity contribution in [1.29, 1.82) is 0 Å². The first kappa shape index (κ1) is 10.7. The second kappa shape index (κ2) is 5.36. The number of aromatic amines is 1. The van der Waals surface area contributed by atoms with Crippen LogP contribution in [-0.4, -0.2) is 34.5 Å². The van der Waals surface area contributed by atoms with Gasteiger partial charge < -0.3 is 9.84 Å². The minimum Gasteiger partial charge on any atom is -0.394 e. The number of aliphatic hydroxyl groups is 1. The molecule has 1 aromatic rings. The smallest absolute Gasteiger partial charge is 0.328 e. The van der Waals surface area contributed by atoms with Gasteiger partial charge in [0.2, 0.25) is 0 Å². The number of rotatable bonds is 5. The highest BCUT2D eigenvalue weighted by atomic mass is 16.5. The van der Waals surface area contributed by atoms with Crippen molar-refractivity contribution in [2.75, 3.05) is 19.8 Å². The lowest BCUT2D eigenvalue weighted by molar-refractivity contribution is 0.0863. The van der Waals surface area contributed by atoms with E-state index in [1.165, 1.54) is 16.8 Å². The molecule has 14 heavy (non-hydrogen) atoms. The first-order chi connectivity index (χ1) is 6.74. The molecule has 0 aromatic carbocycles. The predicted molar refractivity (Wildman–Crippen MR) is 49.2 cm³/mol. The van der Waals surface area contributed by atoms with E-state index in [-0.39, 0.29) is 13.2 Å². The lowest BCUT2D eigenvalue weighted by Crippen LogP contribution is -2.29. The van der Waals surface area contributed by atoms with Crippen LogP contribution in [0.5, 0.6) is 0 Å². The van der Waals surface area contributed by atoms with Gasteiger partial charge in [0.25, 0.3) is 5.56 Å². The number of ether oxygens (including phenoxy) is 1. The maximum Gasteiger partial charge on any atom is 0.328 e. The molecule has 1 heterocycles. The minimum absolute atomic E-state index is 0.0411. The summed E-state index contributed by atoms with van der Waals surface area (Å²) < 4.78 is 6.30. The van der Waals surface area contributed by atoms with Crippen LogP contribution in [0.25, 0.3) is 0 Å². The summed E-state index contributed by atoms with van der Waals surface area (Å²) in [4.78, 5) is 23.9. The molecule has 0 radical (unpaired) electrons. The summed E-state index contributed by atoms with van der Waals surface area (Å²) in [6.07, 6.45) is 1.41. The highest BCUT2D eigenvalue weighted by Crippen LogP contribution is 1.79. The number of hydrogen-bond donors (Lipinski definition) is 2. The zero-order valence-corrected chi connectivity index (χ0v) is 7.60. The van der Waals surface area contributed by atoms with Crippen LogP contribution in [0, 0.1) is 0 Å². The third-order valence-corrected chi connectivity index (χ3v) is 1.61. The van der Waals surface area contributed by atoms with Crippen LogP contribution in [0.15, 0.2) is 21.9 Å². The van der Waals surface area contributed by atoms with Gasteiger partial charge in [0, 0.05) is 12.3 Å². The monoisotopic (exact) mass is 200 g/mol. The predicted octanol–water partition coefficient (Wildman–Crippen LogP) is -1.45. The zero-order valence-electron chi connectivity index (χ0n) is 7.60. The van der Waals surface area contributed by atoms with Gasteiger partial charge in [-0.1, -0.05) is 0 Å². The highest BCUT2D eigenvalue weighted by molar-refractivity contribution is 4.82. The molecule has 6 nitrogen and oxygen atoms in total. The van der Waals surface area contributed by atoms with Gasteiger partial charge in [-0.05, 0) is 0 Å². The van der Waals surface area contributed by atoms with Gasteiger partial charge >= 0.3 is 5.69 Å². The maximum absolute atomic E-state index is 11.1. The van der Waals surface area contributed by atoms with Crippen molar-refractivity contribution in [1.82, 2.24) is 9.55 Å². The number of hydrogen-bond acceptors (Lipinski definition) is 4.